The van der Waals surface area contributed by atoms with E-state index >= 15 is 0 Å². The van der Waals surface area contributed by atoms with E-state index < -0.39 is 32.7 Å². The van der Waals surface area contributed by atoms with Crippen LogP contribution in [-0.4, -0.2) is 56.0 Å². The Morgan fingerprint density at radius 3 is 2.23 bits per heavy atom. The number of benzene rings is 2. The number of hydrogen-bond acceptors (Lipinski definition) is 4. The zero-order valence-electron chi connectivity index (χ0n) is 16.6. The van der Waals surface area contributed by atoms with Crippen LogP contribution in [0.1, 0.15) is 21.5 Å². The second-order valence-electron chi connectivity index (χ2n) is 7.28. The maximum absolute atomic E-state index is 13.0. The van der Waals surface area contributed by atoms with E-state index in [-0.39, 0.29) is 5.69 Å². The van der Waals surface area contributed by atoms with Crippen molar-refractivity contribution in [2.75, 3.05) is 37.8 Å². The SMILES string of the molecule is CS(=O)(=O)N1CCN(Cc2ccc(C(=O)Nc3ccc(Cl)c(C(F)(F)F)c3)cc2)CC1. The lowest BCUT2D eigenvalue weighted by molar-refractivity contribution is -0.137. The number of nitrogens with zero attached hydrogens (tertiary/aromatic N) is 2. The van der Waals surface area contributed by atoms with Crippen LogP contribution < -0.4 is 5.32 Å². The predicted octanol–water partition coefficient (Wildman–Crippen LogP) is 3.69. The molecule has 1 heterocycles. The molecule has 2 aromatic rings. The van der Waals surface area contributed by atoms with Gasteiger partial charge < -0.3 is 5.32 Å². The quantitative estimate of drug-likeness (QED) is 0.716. The van der Waals surface area contributed by atoms with Crippen molar-refractivity contribution in [1.29, 1.82) is 0 Å². The van der Waals surface area contributed by atoms with Gasteiger partial charge in [-0.15, -0.1) is 0 Å². The third-order valence-corrected chi connectivity index (χ3v) is 6.58. The Morgan fingerprint density at radius 2 is 1.68 bits per heavy atom. The summed E-state index contributed by atoms with van der Waals surface area (Å²) in [6.07, 6.45) is -3.42. The minimum Gasteiger partial charge on any atom is -0.322 e. The summed E-state index contributed by atoms with van der Waals surface area (Å²) in [5.41, 5.74) is 0.220. The number of halogens is 4. The molecule has 1 saturated heterocycles. The molecule has 1 amide bonds. The summed E-state index contributed by atoms with van der Waals surface area (Å²) in [6.45, 7) is 2.67. The van der Waals surface area contributed by atoms with Gasteiger partial charge in [0.25, 0.3) is 5.91 Å². The number of sulfonamides is 1. The predicted molar refractivity (Wildman–Crippen MR) is 113 cm³/mol. The third kappa shape index (κ3) is 6.19. The van der Waals surface area contributed by atoms with Crippen molar-refractivity contribution in [2.24, 2.45) is 0 Å². The van der Waals surface area contributed by atoms with Crippen LogP contribution in [-0.2, 0) is 22.7 Å². The number of nitrogens with one attached hydrogen (secondary N) is 1. The van der Waals surface area contributed by atoms with Gasteiger partial charge in [-0.3, -0.25) is 9.69 Å². The molecular weight excluding hydrogens is 455 g/mol. The molecule has 11 heteroatoms. The van der Waals surface area contributed by atoms with Gasteiger partial charge in [0.1, 0.15) is 0 Å². The Balaban J connectivity index is 1.60. The molecule has 1 N–H and O–H groups in total. The summed E-state index contributed by atoms with van der Waals surface area (Å²) < 4.78 is 63.5. The number of rotatable bonds is 5. The topological polar surface area (TPSA) is 69.7 Å². The second-order valence-corrected chi connectivity index (χ2v) is 9.67. The minimum atomic E-state index is -4.62. The number of hydrogen-bond donors (Lipinski definition) is 1. The molecule has 1 aliphatic rings. The van der Waals surface area contributed by atoms with Gasteiger partial charge >= 0.3 is 6.18 Å². The highest BCUT2D eigenvalue weighted by atomic mass is 35.5. The Labute approximate surface area is 183 Å². The lowest BCUT2D eigenvalue weighted by Gasteiger charge is -2.33. The number of anilines is 1. The summed E-state index contributed by atoms with van der Waals surface area (Å²) in [5, 5.41) is 2.01. The smallest absolute Gasteiger partial charge is 0.322 e. The molecule has 0 bridgehead atoms. The van der Waals surface area contributed by atoms with Crippen LogP contribution in [0.4, 0.5) is 18.9 Å². The van der Waals surface area contributed by atoms with Gasteiger partial charge in [-0.1, -0.05) is 23.7 Å². The molecule has 1 aliphatic heterocycles. The van der Waals surface area contributed by atoms with E-state index in [4.69, 9.17) is 11.6 Å². The van der Waals surface area contributed by atoms with Crippen LogP contribution in [0.25, 0.3) is 0 Å². The molecule has 0 aliphatic carbocycles. The molecule has 0 radical (unpaired) electrons. The molecule has 6 nitrogen and oxygen atoms in total. The minimum absolute atomic E-state index is 0.00505. The van der Waals surface area contributed by atoms with Crippen LogP contribution in [0.2, 0.25) is 5.02 Å². The van der Waals surface area contributed by atoms with Crippen molar-refractivity contribution >= 4 is 33.2 Å². The molecule has 0 atom stereocenters. The molecule has 0 saturated carbocycles. The van der Waals surface area contributed by atoms with Crippen molar-refractivity contribution in [3.8, 4) is 0 Å². The Kier molecular flexibility index (Phi) is 6.95. The van der Waals surface area contributed by atoms with Crippen LogP contribution in [0.3, 0.4) is 0 Å². The van der Waals surface area contributed by atoms with E-state index in [1.54, 1.807) is 24.3 Å². The zero-order chi connectivity index (χ0) is 22.8. The highest BCUT2D eigenvalue weighted by Crippen LogP contribution is 2.36. The van der Waals surface area contributed by atoms with Crippen LogP contribution in [0.5, 0.6) is 0 Å². The number of alkyl halides is 3. The monoisotopic (exact) mass is 475 g/mol. The van der Waals surface area contributed by atoms with Gasteiger partial charge in [-0.2, -0.15) is 17.5 Å². The lowest BCUT2D eigenvalue weighted by atomic mass is 10.1. The van der Waals surface area contributed by atoms with Gasteiger partial charge in [0.15, 0.2) is 0 Å². The summed E-state index contributed by atoms with van der Waals surface area (Å²) >= 11 is 5.59. The molecule has 0 spiro atoms. The number of amides is 1. The van der Waals surface area contributed by atoms with E-state index in [1.807, 2.05) is 0 Å². The normalized spacial score (nSPS) is 16.3. The summed E-state index contributed by atoms with van der Waals surface area (Å²) in [6, 6.07) is 9.91. The largest absolute Gasteiger partial charge is 0.417 e. The maximum Gasteiger partial charge on any atom is 0.417 e. The fourth-order valence-electron chi connectivity index (χ4n) is 3.26. The average molecular weight is 476 g/mol. The molecular formula is C20H21ClF3N3O3S. The first kappa shape index (κ1) is 23.5. The van der Waals surface area contributed by atoms with Gasteiger partial charge in [0.2, 0.25) is 10.0 Å². The van der Waals surface area contributed by atoms with Crippen LogP contribution in [0, 0.1) is 0 Å². The van der Waals surface area contributed by atoms with Crippen molar-refractivity contribution in [3.05, 3.63) is 64.2 Å². The number of carbonyl (C=O) groups is 1. The van der Waals surface area contributed by atoms with Crippen molar-refractivity contribution < 1.29 is 26.4 Å². The first-order chi connectivity index (χ1) is 14.4. The summed E-state index contributed by atoms with van der Waals surface area (Å²) in [4.78, 5) is 14.5. The molecule has 31 heavy (non-hydrogen) atoms. The molecule has 0 unspecified atom stereocenters. The first-order valence-corrected chi connectivity index (χ1v) is 11.6. The molecule has 3 rings (SSSR count). The van der Waals surface area contributed by atoms with E-state index in [1.165, 1.54) is 16.6 Å². The fraction of sp³-hybridized carbons (Fsp3) is 0.350. The summed E-state index contributed by atoms with van der Waals surface area (Å²) in [7, 11) is -3.18. The van der Waals surface area contributed by atoms with Crippen LogP contribution >= 0.6 is 11.6 Å². The Morgan fingerprint density at radius 1 is 1.06 bits per heavy atom. The van der Waals surface area contributed by atoms with Crippen molar-refractivity contribution in [2.45, 2.75) is 12.7 Å². The van der Waals surface area contributed by atoms with Gasteiger partial charge in [-0.05, 0) is 35.9 Å². The molecule has 1 fully saturated rings. The lowest BCUT2D eigenvalue weighted by Crippen LogP contribution is -2.47. The van der Waals surface area contributed by atoms with Gasteiger partial charge in [0.05, 0.1) is 16.8 Å². The zero-order valence-corrected chi connectivity index (χ0v) is 18.2. The number of piperazine rings is 1. The van der Waals surface area contributed by atoms with E-state index in [9.17, 15) is 26.4 Å². The van der Waals surface area contributed by atoms with E-state index in [0.29, 0.717) is 38.3 Å². The fourth-order valence-corrected chi connectivity index (χ4v) is 4.31. The first-order valence-electron chi connectivity index (χ1n) is 9.38. The van der Waals surface area contributed by atoms with E-state index in [2.05, 4.69) is 10.2 Å². The molecule has 0 aromatic heterocycles. The number of carbonyl (C=O) groups excluding carboxylic acids is 1. The summed E-state index contributed by atoms with van der Waals surface area (Å²) in [5.74, 6) is -0.538. The average Bonchev–Trinajstić information content (AvgIpc) is 2.69. The maximum atomic E-state index is 13.0. The van der Waals surface area contributed by atoms with E-state index in [0.717, 1.165) is 17.7 Å². The molecule has 2 aromatic carbocycles. The van der Waals surface area contributed by atoms with Gasteiger partial charge in [-0.25, -0.2) is 8.42 Å². The highest BCUT2D eigenvalue weighted by Gasteiger charge is 2.33. The standard InChI is InChI=1S/C20H21ClF3N3O3S/c1-31(29,30)27-10-8-26(9-11-27)13-14-2-4-15(5-3-14)19(28)25-16-6-7-18(21)17(12-16)20(22,23)24/h2-7,12H,8-11,13H2,1H3,(H,25,28). The molecule has 168 valence electrons. The Hall–Kier alpha value is -2.14. The third-order valence-electron chi connectivity index (χ3n) is 4.95. The van der Waals surface area contributed by atoms with Crippen molar-refractivity contribution in [3.63, 3.8) is 0 Å². The van der Waals surface area contributed by atoms with Crippen LogP contribution in [0.15, 0.2) is 42.5 Å². The van der Waals surface area contributed by atoms with Gasteiger partial charge in [0, 0.05) is 44.0 Å². The van der Waals surface area contributed by atoms with Crippen molar-refractivity contribution in [1.82, 2.24) is 9.21 Å². The highest BCUT2D eigenvalue weighted by molar-refractivity contribution is 7.88. The Bertz CT molecular complexity index is 1050. The second kappa shape index (κ2) is 9.15.